The van der Waals surface area contributed by atoms with Gasteiger partial charge in [0.2, 0.25) is 15.9 Å². The molecule has 1 aliphatic carbocycles. The van der Waals surface area contributed by atoms with Crippen molar-refractivity contribution in [2.75, 3.05) is 32.7 Å². The van der Waals surface area contributed by atoms with Crippen molar-refractivity contribution in [2.24, 2.45) is 0 Å². The topological polar surface area (TPSA) is 115 Å². The van der Waals surface area contributed by atoms with Gasteiger partial charge in [0.05, 0.1) is 17.0 Å². The Labute approximate surface area is 179 Å². The molecule has 0 bridgehead atoms. The molecule has 0 unspecified atom stereocenters. The first kappa shape index (κ1) is 20.4. The van der Waals surface area contributed by atoms with E-state index in [0.717, 1.165) is 25.8 Å². The van der Waals surface area contributed by atoms with Gasteiger partial charge in [0.25, 0.3) is 0 Å². The first-order chi connectivity index (χ1) is 15.0. The van der Waals surface area contributed by atoms with Gasteiger partial charge in [-0.1, -0.05) is 18.5 Å². The van der Waals surface area contributed by atoms with Gasteiger partial charge in [-0.2, -0.15) is 9.29 Å². The van der Waals surface area contributed by atoms with Gasteiger partial charge < -0.3 is 13.8 Å². The van der Waals surface area contributed by atoms with Crippen molar-refractivity contribution in [3.8, 4) is 0 Å². The summed E-state index contributed by atoms with van der Waals surface area (Å²) in [6.45, 7) is 5.37. The first-order valence-corrected chi connectivity index (χ1v) is 12.1. The highest BCUT2D eigenvalue weighted by molar-refractivity contribution is 7.89. The molecule has 1 saturated carbocycles. The van der Waals surface area contributed by atoms with Crippen LogP contribution in [-0.4, -0.2) is 65.1 Å². The molecule has 0 radical (unpaired) electrons. The highest BCUT2D eigenvalue weighted by Crippen LogP contribution is 2.35. The summed E-state index contributed by atoms with van der Waals surface area (Å²) < 4.78 is 39.7. The molecular formula is C20H25N5O5S. The third-order valence-corrected chi connectivity index (χ3v) is 8.19. The number of nitrogens with zero attached hydrogens (tertiary/aromatic N) is 5. The average molecular weight is 448 g/mol. The molecule has 5 rings (SSSR count). The van der Waals surface area contributed by atoms with Crippen LogP contribution in [0, 0.1) is 0 Å². The number of piperazine rings is 1. The number of fused-ring (bicyclic) bond motifs is 1. The van der Waals surface area contributed by atoms with Crippen LogP contribution in [0.3, 0.4) is 0 Å². The largest absolute Gasteiger partial charge is 0.420 e. The lowest BCUT2D eigenvalue weighted by Crippen LogP contribution is -2.48. The highest BCUT2D eigenvalue weighted by Gasteiger charge is 2.29. The molecule has 10 nitrogen and oxygen atoms in total. The van der Waals surface area contributed by atoms with Crippen molar-refractivity contribution < 1.29 is 17.4 Å². The maximum atomic E-state index is 13.1. The molecule has 1 aliphatic heterocycles. The molecule has 166 valence electrons. The zero-order chi connectivity index (χ0) is 21.6. The van der Waals surface area contributed by atoms with Crippen molar-refractivity contribution in [1.82, 2.24) is 23.9 Å². The first-order valence-electron chi connectivity index (χ1n) is 10.6. The number of hydrogen-bond donors (Lipinski definition) is 0. The molecule has 11 heteroatoms. The van der Waals surface area contributed by atoms with Crippen molar-refractivity contribution in [3.63, 3.8) is 0 Å². The van der Waals surface area contributed by atoms with Crippen molar-refractivity contribution in [2.45, 2.75) is 43.5 Å². The Morgan fingerprint density at radius 2 is 1.94 bits per heavy atom. The molecule has 31 heavy (non-hydrogen) atoms. The minimum atomic E-state index is -3.65. The Hall–Kier alpha value is -2.50. The van der Waals surface area contributed by atoms with E-state index in [9.17, 15) is 13.2 Å². The van der Waals surface area contributed by atoms with Crippen LogP contribution in [0.2, 0.25) is 0 Å². The normalized spacial score (nSPS) is 19.1. The van der Waals surface area contributed by atoms with Crippen molar-refractivity contribution in [3.05, 3.63) is 40.5 Å². The molecule has 2 aliphatic rings. The van der Waals surface area contributed by atoms with Crippen molar-refractivity contribution >= 4 is 21.1 Å². The van der Waals surface area contributed by atoms with Gasteiger partial charge in [-0.3, -0.25) is 4.57 Å². The van der Waals surface area contributed by atoms with E-state index in [1.165, 1.54) is 21.0 Å². The van der Waals surface area contributed by atoms with Crippen LogP contribution in [0.4, 0.5) is 0 Å². The van der Waals surface area contributed by atoms with Gasteiger partial charge in [0.15, 0.2) is 11.4 Å². The van der Waals surface area contributed by atoms with Crippen LogP contribution in [0.25, 0.3) is 11.1 Å². The Bertz CT molecular complexity index is 1250. The monoisotopic (exact) mass is 447 g/mol. The summed E-state index contributed by atoms with van der Waals surface area (Å²) in [5.41, 5.74) is 0.718. The molecule has 3 heterocycles. The zero-order valence-corrected chi connectivity index (χ0v) is 18.2. The Balaban J connectivity index is 1.40. The second-order valence-corrected chi connectivity index (χ2v) is 10.0. The van der Waals surface area contributed by atoms with E-state index < -0.39 is 15.8 Å². The summed E-state index contributed by atoms with van der Waals surface area (Å²) in [6, 6.07) is 4.54. The Morgan fingerprint density at radius 3 is 2.61 bits per heavy atom. The summed E-state index contributed by atoms with van der Waals surface area (Å²) in [6.07, 6.45) is 3.25. The maximum Gasteiger partial charge on any atom is 0.420 e. The fraction of sp³-hybridized carbons (Fsp3) is 0.550. The number of oxazole rings is 1. The lowest BCUT2D eigenvalue weighted by atomic mass is 9.85. The standard InChI is InChI=1S/C20H25N5O5S/c1-2-23-8-10-24(11-9-23)31(27,28)15-6-7-16-17(12-15)29-20(26)25(16)13-18-21-19(30-22-18)14-4-3-5-14/h6-7,12,14H,2-5,8-11,13H2,1H3. The third-order valence-electron chi connectivity index (χ3n) is 6.29. The fourth-order valence-electron chi connectivity index (χ4n) is 4.09. The lowest BCUT2D eigenvalue weighted by Gasteiger charge is -2.33. The van der Waals surface area contributed by atoms with E-state index in [1.54, 1.807) is 6.07 Å². The molecular weight excluding hydrogens is 422 g/mol. The Morgan fingerprint density at radius 1 is 1.16 bits per heavy atom. The number of rotatable bonds is 6. The minimum Gasteiger partial charge on any atom is -0.408 e. The molecule has 3 aromatic rings. The van der Waals surface area contributed by atoms with Crippen LogP contribution in [0.15, 0.2) is 36.8 Å². The second-order valence-electron chi connectivity index (χ2n) is 8.10. The molecule has 0 atom stereocenters. The molecule has 0 amide bonds. The highest BCUT2D eigenvalue weighted by atomic mass is 32.2. The maximum absolute atomic E-state index is 13.1. The van der Waals surface area contributed by atoms with Gasteiger partial charge in [-0.25, -0.2) is 13.2 Å². The van der Waals surface area contributed by atoms with Crippen LogP contribution in [0.5, 0.6) is 0 Å². The van der Waals surface area contributed by atoms with Crippen LogP contribution in [-0.2, 0) is 16.6 Å². The summed E-state index contributed by atoms with van der Waals surface area (Å²) >= 11 is 0. The van der Waals surface area contributed by atoms with Gasteiger partial charge in [0.1, 0.15) is 0 Å². The molecule has 0 spiro atoms. The summed E-state index contributed by atoms with van der Waals surface area (Å²) in [4.78, 5) is 19.2. The van der Waals surface area contributed by atoms with Gasteiger partial charge in [0, 0.05) is 38.2 Å². The second kappa shape index (κ2) is 7.88. The minimum absolute atomic E-state index is 0.104. The number of hydrogen-bond acceptors (Lipinski definition) is 8. The van der Waals surface area contributed by atoms with E-state index >= 15 is 0 Å². The van der Waals surface area contributed by atoms with Gasteiger partial charge in [-0.15, -0.1) is 0 Å². The van der Waals surface area contributed by atoms with Gasteiger partial charge in [-0.05, 0) is 31.5 Å². The summed E-state index contributed by atoms with van der Waals surface area (Å²) in [5.74, 6) is 0.734. The third kappa shape index (κ3) is 3.70. The molecule has 1 aromatic carbocycles. The van der Waals surface area contributed by atoms with Gasteiger partial charge >= 0.3 is 5.76 Å². The predicted octanol–water partition coefficient (Wildman–Crippen LogP) is 1.62. The number of likely N-dealkylation sites (N-methyl/N-ethyl adjacent to an activating group) is 1. The predicted molar refractivity (Wildman–Crippen MR) is 111 cm³/mol. The van der Waals surface area contributed by atoms with Crippen LogP contribution >= 0.6 is 0 Å². The van der Waals surface area contributed by atoms with Crippen molar-refractivity contribution in [1.29, 1.82) is 0 Å². The number of benzene rings is 1. The Kier molecular flexibility index (Phi) is 5.19. The summed E-state index contributed by atoms with van der Waals surface area (Å²) in [5, 5.41) is 3.98. The van der Waals surface area contributed by atoms with E-state index in [4.69, 9.17) is 8.94 Å². The average Bonchev–Trinajstić information content (AvgIpc) is 3.31. The number of aromatic nitrogens is 3. The quantitative estimate of drug-likeness (QED) is 0.560. The molecule has 2 fully saturated rings. The SMILES string of the molecule is CCN1CCN(S(=O)(=O)c2ccc3c(c2)oc(=O)n3Cc2noc(C3CCC3)n2)CC1. The van der Waals surface area contributed by atoms with E-state index in [-0.39, 0.29) is 17.0 Å². The van der Waals surface area contributed by atoms with Crippen LogP contribution in [0.1, 0.15) is 43.8 Å². The smallest absolute Gasteiger partial charge is 0.408 e. The van der Waals surface area contributed by atoms with E-state index in [1.807, 2.05) is 0 Å². The summed E-state index contributed by atoms with van der Waals surface area (Å²) in [7, 11) is -3.65. The van der Waals surface area contributed by atoms with E-state index in [2.05, 4.69) is 22.0 Å². The van der Waals surface area contributed by atoms with E-state index in [0.29, 0.717) is 49.3 Å². The molecule has 2 aromatic heterocycles. The molecule has 1 saturated heterocycles. The fourth-order valence-corrected chi connectivity index (χ4v) is 5.52. The number of sulfonamides is 1. The van der Waals surface area contributed by atoms with Crippen LogP contribution < -0.4 is 5.76 Å². The lowest BCUT2D eigenvalue weighted by molar-refractivity contribution is 0.196. The zero-order valence-electron chi connectivity index (χ0n) is 17.4. The molecule has 0 N–H and O–H groups in total.